The Bertz CT molecular complexity index is 294. The minimum atomic E-state index is -0.839. The first-order valence-corrected chi connectivity index (χ1v) is 8.06. The number of rotatable bonds is 6. The zero-order valence-electron chi connectivity index (χ0n) is 11.2. The molecular weight excluding hydrogens is 236 g/mol. The van der Waals surface area contributed by atoms with Crippen LogP contribution in [0.5, 0.6) is 0 Å². The summed E-state index contributed by atoms with van der Waals surface area (Å²) in [4.78, 5) is 14.1. The predicted octanol–water partition coefficient (Wildman–Crippen LogP) is 0.948. The van der Waals surface area contributed by atoms with Gasteiger partial charge < -0.3 is 4.90 Å². The Kier molecular flexibility index (Phi) is 5.59. The molecule has 0 aromatic carbocycles. The first-order valence-electron chi connectivity index (χ1n) is 6.34. The van der Waals surface area contributed by atoms with E-state index < -0.39 is 10.8 Å². The van der Waals surface area contributed by atoms with E-state index in [-0.39, 0.29) is 18.1 Å². The molecule has 0 spiro atoms. The topological polar surface area (TPSA) is 49.4 Å². The average Bonchev–Trinajstić information content (AvgIpc) is 2.53. The van der Waals surface area contributed by atoms with Gasteiger partial charge in [0.05, 0.1) is 12.2 Å². The zero-order chi connectivity index (χ0) is 13.0. The van der Waals surface area contributed by atoms with Gasteiger partial charge >= 0.3 is 0 Å². The summed E-state index contributed by atoms with van der Waals surface area (Å²) in [6.45, 7) is 6.83. The average molecular weight is 260 g/mol. The summed E-state index contributed by atoms with van der Waals surface area (Å²) in [6, 6.07) is -0.0724. The Balaban J connectivity index is 2.68. The monoisotopic (exact) mass is 260 g/mol. The standard InChI is InChI=1S/C12H24N2O2S/c1-5-6-10-13-11(9(2)3)12(15)14(10)7-8-17(4)16/h9-11,13H,5-8H2,1-4H3. The molecular formula is C12H24N2O2S. The summed E-state index contributed by atoms with van der Waals surface area (Å²) in [5, 5.41) is 3.39. The van der Waals surface area contributed by atoms with Gasteiger partial charge in [-0.15, -0.1) is 0 Å². The third-order valence-electron chi connectivity index (χ3n) is 3.15. The maximum absolute atomic E-state index is 12.2. The number of carbonyl (C=O) groups excluding carboxylic acids is 1. The van der Waals surface area contributed by atoms with E-state index in [1.54, 1.807) is 6.26 Å². The molecule has 0 aliphatic carbocycles. The van der Waals surface area contributed by atoms with Crippen LogP contribution in [0.4, 0.5) is 0 Å². The van der Waals surface area contributed by atoms with Crippen molar-refractivity contribution in [1.29, 1.82) is 0 Å². The number of carbonyl (C=O) groups is 1. The summed E-state index contributed by atoms with van der Waals surface area (Å²) in [6.07, 6.45) is 3.82. The Morgan fingerprint density at radius 3 is 2.59 bits per heavy atom. The first-order chi connectivity index (χ1) is 7.97. The zero-order valence-corrected chi connectivity index (χ0v) is 12.0. The maximum Gasteiger partial charge on any atom is 0.241 e. The molecule has 1 aliphatic heterocycles. The second kappa shape index (κ2) is 6.50. The first kappa shape index (κ1) is 14.6. The molecule has 1 fully saturated rings. The van der Waals surface area contributed by atoms with Crippen LogP contribution in [0.1, 0.15) is 33.6 Å². The lowest BCUT2D eigenvalue weighted by Gasteiger charge is -2.23. The Morgan fingerprint density at radius 2 is 2.12 bits per heavy atom. The van der Waals surface area contributed by atoms with Gasteiger partial charge in [0.15, 0.2) is 0 Å². The van der Waals surface area contributed by atoms with E-state index in [2.05, 4.69) is 26.1 Å². The number of amides is 1. The molecule has 1 N–H and O–H groups in total. The van der Waals surface area contributed by atoms with Gasteiger partial charge in [-0.25, -0.2) is 0 Å². The van der Waals surface area contributed by atoms with E-state index in [0.29, 0.717) is 18.2 Å². The lowest BCUT2D eigenvalue weighted by Crippen LogP contribution is -2.39. The van der Waals surface area contributed by atoms with Gasteiger partial charge in [-0.2, -0.15) is 0 Å². The van der Waals surface area contributed by atoms with Gasteiger partial charge in [0.2, 0.25) is 5.91 Å². The van der Waals surface area contributed by atoms with Crippen LogP contribution >= 0.6 is 0 Å². The molecule has 1 heterocycles. The van der Waals surface area contributed by atoms with Crippen molar-refractivity contribution in [2.75, 3.05) is 18.6 Å². The number of hydrogen-bond acceptors (Lipinski definition) is 3. The summed E-state index contributed by atoms with van der Waals surface area (Å²) >= 11 is 0. The van der Waals surface area contributed by atoms with Gasteiger partial charge in [-0.1, -0.05) is 27.2 Å². The van der Waals surface area contributed by atoms with Crippen molar-refractivity contribution < 1.29 is 9.00 Å². The highest BCUT2D eigenvalue weighted by molar-refractivity contribution is 7.84. The second-order valence-electron chi connectivity index (χ2n) is 5.00. The van der Waals surface area contributed by atoms with Crippen LogP contribution < -0.4 is 5.32 Å². The van der Waals surface area contributed by atoms with Crippen LogP contribution in [0.2, 0.25) is 0 Å². The SMILES string of the molecule is CCCC1NC(C(C)C)C(=O)N1CCS(C)=O. The van der Waals surface area contributed by atoms with Gasteiger partial charge in [-0.3, -0.25) is 14.3 Å². The molecule has 1 rings (SSSR count). The summed E-state index contributed by atoms with van der Waals surface area (Å²) < 4.78 is 11.1. The molecule has 0 bridgehead atoms. The fraction of sp³-hybridized carbons (Fsp3) is 0.917. The molecule has 1 aliphatic rings. The quantitative estimate of drug-likeness (QED) is 0.773. The van der Waals surface area contributed by atoms with Crippen LogP contribution in [0.25, 0.3) is 0 Å². The van der Waals surface area contributed by atoms with Crippen molar-refractivity contribution in [2.45, 2.75) is 45.8 Å². The molecule has 100 valence electrons. The Hall–Kier alpha value is -0.420. The summed E-state index contributed by atoms with van der Waals surface area (Å²) in [5.74, 6) is 1.04. The lowest BCUT2D eigenvalue weighted by atomic mass is 10.1. The van der Waals surface area contributed by atoms with Crippen molar-refractivity contribution in [3.05, 3.63) is 0 Å². The minimum absolute atomic E-state index is 0.0724. The van der Waals surface area contributed by atoms with Crippen LogP contribution in [-0.2, 0) is 15.6 Å². The van der Waals surface area contributed by atoms with Crippen molar-refractivity contribution in [2.24, 2.45) is 5.92 Å². The van der Waals surface area contributed by atoms with E-state index in [1.165, 1.54) is 0 Å². The molecule has 4 nitrogen and oxygen atoms in total. The lowest BCUT2D eigenvalue weighted by molar-refractivity contribution is -0.130. The Morgan fingerprint density at radius 1 is 1.47 bits per heavy atom. The molecule has 3 unspecified atom stereocenters. The van der Waals surface area contributed by atoms with Crippen LogP contribution in [0.3, 0.4) is 0 Å². The van der Waals surface area contributed by atoms with Crippen LogP contribution in [-0.4, -0.2) is 45.8 Å². The van der Waals surface area contributed by atoms with Crippen molar-refractivity contribution in [1.82, 2.24) is 10.2 Å². The predicted molar refractivity (Wildman–Crippen MR) is 71.1 cm³/mol. The van der Waals surface area contributed by atoms with E-state index >= 15 is 0 Å². The van der Waals surface area contributed by atoms with Crippen LogP contribution in [0, 0.1) is 5.92 Å². The summed E-state index contributed by atoms with van der Waals surface area (Å²) in [5.41, 5.74) is 0. The van der Waals surface area contributed by atoms with Crippen LogP contribution in [0.15, 0.2) is 0 Å². The molecule has 1 amide bonds. The van der Waals surface area contributed by atoms with Gasteiger partial charge in [0.1, 0.15) is 0 Å². The van der Waals surface area contributed by atoms with E-state index in [1.807, 2.05) is 4.90 Å². The molecule has 17 heavy (non-hydrogen) atoms. The largest absolute Gasteiger partial charge is 0.325 e. The highest BCUT2D eigenvalue weighted by Crippen LogP contribution is 2.19. The minimum Gasteiger partial charge on any atom is -0.325 e. The summed E-state index contributed by atoms with van der Waals surface area (Å²) in [7, 11) is -0.839. The third-order valence-corrected chi connectivity index (χ3v) is 3.90. The number of hydrogen-bond donors (Lipinski definition) is 1. The molecule has 3 atom stereocenters. The van der Waals surface area contributed by atoms with E-state index in [0.717, 1.165) is 12.8 Å². The molecule has 0 saturated carbocycles. The number of nitrogens with one attached hydrogen (secondary N) is 1. The van der Waals surface area contributed by atoms with E-state index in [4.69, 9.17) is 0 Å². The van der Waals surface area contributed by atoms with Gasteiger partial charge in [0.25, 0.3) is 0 Å². The molecule has 0 radical (unpaired) electrons. The normalized spacial score (nSPS) is 26.9. The van der Waals surface area contributed by atoms with Crippen molar-refractivity contribution in [3.63, 3.8) is 0 Å². The highest BCUT2D eigenvalue weighted by atomic mass is 32.2. The molecule has 0 aromatic heterocycles. The second-order valence-corrected chi connectivity index (χ2v) is 6.56. The third kappa shape index (κ3) is 3.78. The van der Waals surface area contributed by atoms with Gasteiger partial charge in [0, 0.05) is 29.4 Å². The fourth-order valence-corrected chi connectivity index (χ4v) is 2.64. The molecule has 1 saturated heterocycles. The van der Waals surface area contributed by atoms with Crippen molar-refractivity contribution >= 4 is 16.7 Å². The smallest absolute Gasteiger partial charge is 0.241 e. The number of nitrogens with zero attached hydrogens (tertiary/aromatic N) is 1. The Labute approximate surface area is 107 Å². The fourth-order valence-electron chi connectivity index (χ4n) is 2.18. The van der Waals surface area contributed by atoms with E-state index in [9.17, 15) is 9.00 Å². The van der Waals surface area contributed by atoms with Crippen molar-refractivity contribution in [3.8, 4) is 0 Å². The molecule has 0 aromatic rings. The van der Waals surface area contributed by atoms with Gasteiger partial charge in [-0.05, 0) is 12.3 Å². The maximum atomic E-state index is 12.2. The molecule has 5 heteroatoms. The highest BCUT2D eigenvalue weighted by Gasteiger charge is 2.39.